The van der Waals surface area contributed by atoms with Gasteiger partial charge < -0.3 is 19.9 Å². The van der Waals surface area contributed by atoms with Crippen molar-refractivity contribution in [3.63, 3.8) is 0 Å². The van der Waals surface area contributed by atoms with E-state index in [1.54, 1.807) is 0 Å². The second kappa shape index (κ2) is 6.58. The highest BCUT2D eigenvalue weighted by Gasteiger charge is 2.21. The maximum atomic E-state index is 12.4. The van der Waals surface area contributed by atoms with E-state index in [1.165, 1.54) is 32.4 Å². The number of methoxy groups -OCH3 is 2. The molecule has 0 radical (unpaired) electrons. The zero-order chi connectivity index (χ0) is 14.4. The quantitative estimate of drug-likeness (QED) is 0.801. The molecule has 0 fully saturated rings. The van der Waals surface area contributed by atoms with Crippen LogP contribution in [0.4, 0.5) is 4.39 Å². The molecule has 6 nitrogen and oxygen atoms in total. The number of nitrogens with one attached hydrogen (secondary N) is 1. The second-order valence-electron chi connectivity index (χ2n) is 3.59. The number of benzene rings is 1. The number of aliphatic carboxylic acids is 1. The number of rotatable bonds is 6. The molecule has 0 spiro atoms. The van der Waals surface area contributed by atoms with Crippen LogP contribution in [-0.4, -0.2) is 43.9 Å². The minimum atomic E-state index is -1.57. The molecule has 0 aliphatic heterocycles. The molecule has 0 aliphatic carbocycles. The summed E-state index contributed by atoms with van der Waals surface area (Å²) in [6.45, 7) is -1.19. The normalized spacial score (nSPS) is 11.5. The maximum absolute atomic E-state index is 12.4. The Bertz CT molecular complexity index is 477. The predicted molar refractivity (Wildman–Crippen MR) is 64.4 cm³/mol. The first-order valence-corrected chi connectivity index (χ1v) is 5.35. The Hall–Kier alpha value is -2.31. The molecule has 1 amide bonds. The maximum Gasteiger partial charge on any atom is 0.328 e. The summed E-state index contributed by atoms with van der Waals surface area (Å²) in [6.07, 6.45) is 0. The number of halogens is 1. The second-order valence-corrected chi connectivity index (χ2v) is 3.59. The van der Waals surface area contributed by atoms with Crippen molar-refractivity contribution in [1.82, 2.24) is 5.32 Å². The van der Waals surface area contributed by atoms with Gasteiger partial charge in [0.1, 0.15) is 6.67 Å². The molecule has 104 valence electrons. The van der Waals surface area contributed by atoms with E-state index in [4.69, 9.17) is 14.6 Å². The van der Waals surface area contributed by atoms with Crippen molar-refractivity contribution in [2.24, 2.45) is 0 Å². The number of carboxylic acid groups (broad SMARTS) is 1. The molecule has 1 rings (SSSR count). The molecule has 0 aliphatic rings. The van der Waals surface area contributed by atoms with Crippen molar-refractivity contribution < 1.29 is 28.6 Å². The van der Waals surface area contributed by atoms with E-state index in [0.717, 1.165) is 0 Å². The summed E-state index contributed by atoms with van der Waals surface area (Å²) in [4.78, 5) is 22.4. The van der Waals surface area contributed by atoms with Gasteiger partial charge in [-0.1, -0.05) is 0 Å². The van der Waals surface area contributed by atoms with Crippen molar-refractivity contribution in [1.29, 1.82) is 0 Å². The van der Waals surface area contributed by atoms with Crippen LogP contribution >= 0.6 is 0 Å². The highest BCUT2D eigenvalue weighted by molar-refractivity contribution is 5.97. The highest BCUT2D eigenvalue weighted by atomic mass is 19.1. The number of alkyl halides is 1. The van der Waals surface area contributed by atoms with Crippen LogP contribution in [-0.2, 0) is 4.79 Å². The van der Waals surface area contributed by atoms with Gasteiger partial charge >= 0.3 is 5.97 Å². The van der Waals surface area contributed by atoms with Crippen LogP contribution < -0.4 is 14.8 Å². The number of amides is 1. The van der Waals surface area contributed by atoms with E-state index >= 15 is 0 Å². The van der Waals surface area contributed by atoms with Gasteiger partial charge in [0.15, 0.2) is 17.5 Å². The minimum absolute atomic E-state index is 0.150. The Morgan fingerprint density at radius 1 is 1.32 bits per heavy atom. The molecule has 0 heterocycles. The Kier molecular flexibility index (Phi) is 5.11. The summed E-state index contributed by atoms with van der Waals surface area (Å²) < 4.78 is 22.4. The van der Waals surface area contributed by atoms with Crippen LogP contribution in [0.5, 0.6) is 11.5 Å². The minimum Gasteiger partial charge on any atom is -0.493 e. The summed E-state index contributed by atoms with van der Waals surface area (Å²) in [7, 11) is 2.85. The fourth-order valence-electron chi connectivity index (χ4n) is 1.39. The molecule has 1 aromatic carbocycles. The zero-order valence-electron chi connectivity index (χ0n) is 10.5. The lowest BCUT2D eigenvalue weighted by atomic mass is 10.1. The van der Waals surface area contributed by atoms with Gasteiger partial charge in [-0.15, -0.1) is 0 Å². The first kappa shape index (κ1) is 14.7. The van der Waals surface area contributed by atoms with Crippen LogP contribution in [0, 0.1) is 0 Å². The van der Waals surface area contributed by atoms with E-state index in [0.29, 0.717) is 11.5 Å². The number of hydrogen-bond donors (Lipinski definition) is 2. The number of carbonyl (C=O) groups excluding carboxylic acids is 1. The Morgan fingerprint density at radius 2 is 1.95 bits per heavy atom. The third-order valence-electron chi connectivity index (χ3n) is 2.40. The summed E-state index contributed by atoms with van der Waals surface area (Å²) in [5.41, 5.74) is 0.150. The van der Waals surface area contributed by atoms with Crippen LogP contribution in [0.3, 0.4) is 0 Å². The van der Waals surface area contributed by atoms with E-state index in [9.17, 15) is 14.0 Å². The first-order valence-electron chi connectivity index (χ1n) is 5.35. The standard InChI is InChI=1S/C12H14FNO5/c1-18-9-4-3-7(5-10(9)19-2)11(15)14-8(6-13)12(16)17/h3-5,8H,6H2,1-2H3,(H,14,15)(H,16,17). The van der Waals surface area contributed by atoms with E-state index in [-0.39, 0.29) is 5.56 Å². The number of carboxylic acids is 1. The molecule has 2 N–H and O–H groups in total. The summed E-state index contributed by atoms with van der Waals surface area (Å²) >= 11 is 0. The third kappa shape index (κ3) is 3.57. The molecule has 7 heteroatoms. The zero-order valence-corrected chi connectivity index (χ0v) is 10.5. The average Bonchev–Trinajstić information content (AvgIpc) is 2.43. The van der Waals surface area contributed by atoms with Gasteiger partial charge in [-0.05, 0) is 18.2 Å². The van der Waals surface area contributed by atoms with Gasteiger partial charge in [0, 0.05) is 5.56 Å². The topological polar surface area (TPSA) is 84.9 Å². The molecule has 0 saturated heterocycles. The van der Waals surface area contributed by atoms with Gasteiger partial charge in [0.25, 0.3) is 5.91 Å². The van der Waals surface area contributed by atoms with Gasteiger partial charge in [0.05, 0.1) is 14.2 Å². The summed E-state index contributed by atoms with van der Waals surface area (Å²) in [5, 5.41) is 10.7. The van der Waals surface area contributed by atoms with Crippen molar-refractivity contribution in [2.45, 2.75) is 6.04 Å². The average molecular weight is 271 g/mol. The Balaban J connectivity index is 2.91. The summed E-state index contributed by atoms with van der Waals surface area (Å²) in [5.74, 6) is -1.39. The fourth-order valence-corrected chi connectivity index (χ4v) is 1.39. The molecular formula is C12H14FNO5. The summed E-state index contributed by atoms with van der Waals surface area (Å²) in [6, 6.07) is 2.73. The van der Waals surface area contributed by atoms with Gasteiger partial charge in [-0.25, -0.2) is 9.18 Å². The van der Waals surface area contributed by atoms with Crippen LogP contribution in [0.25, 0.3) is 0 Å². The molecule has 0 saturated carbocycles. The van der Waals surface area contributed by atoms with Crippen molar-refractivity contribution >= 4 is 11.9 Å². The third-order valence-corrected chi connectivity index (χ3v) is 2.40. The molecular weight excluding hydrogens is 257 g/mol. The van der Waals surface area contributed by atoms with Gasteiger partial charge in [-0.3, -0.25) is 4.79 Å². The lowest BCUT2D eigenvalue weighted by molar-refractivity contribution is -0.139. The van der Waals surface area contributed by atoms with Crippen LogP contribution in [0.15, 0.2) is 18.2 Å². The van der Waals surface area contributed by atoms with E-state index < -0.39 is 24.6 Å². The van der Waals surface area contributed by atoms with Crippen LogP contribution in [0.1, 0.15) is 10.4 Å². The molecule has 0 aromatic heterocycles. The van der Waals surface area contributed by atoms with Gasteiger partial charge in [-0.2, -0.15) is 0 Å². The van der Waals surface area contributed by atoms with Gasteiger partial charge in [0.2, 0.25) is 0 Å². The molecule has 19 heavy (non-hydrogen) atoms. The fraction of sp³-hybridized carbons (Fsp3) is 0.333. The van der Waals surface area contributed by atoms with E-state index in [2.05, 4.69) is 5.32 Å². The number of ether oxygens (including phenoxy) is 2. The highest BCUT2D eigenvalue weighted by Crippen LogP contribution is 2.27. The number of hydrogen-bond acceptors (Lipinski definition) is 4. The Morgan fingerprint density at radius 3 is 2.42 bits per heavy atom. The molecule has 1 atom stereocenters. The predicted octanol–water partition coefficient (Wildman–Crippen LogP) is 0.856. The molecule has 0 bridgehead atoms. The monoisotopic (exact) mass is 271 g/mol. The Labute approximate surface area is 109 Å². The van der Waals surface area contributed by atoms with Crippen LogP contribution in [0.2, 0.25) is 0 Å². The SMILES string of the molecule is COc1ccc(C(=O)NC(CF)C(=O)O)cc1OC. The van der Waals surface area contributed by atoms with Crippen molar-refractivity contribution in [2.75, 3.05) is 20.9 Å². The van der Waals surface area contributed by atoms with Crippen molar-refractivity contribution in [3.05, 3.63) is 23.8 Å². The molecule has 1 aromatic rings. The smallest absolute Gasteiger partial charge is 0.328 e. The largest absolute Gasteiger partial charge is 0.493 e. The molecule has 1 unspecified atom stereocenters. The van der Waals surface area contributed by atoms with Crippen molar-refractivity contribution in [3.8, 4) is 11.5 Å². The number of carbonyl (C=O) groups is 2. The van der Waals surface area contributed by atoms with E-state index in [1.807, 2.05) is 0 Å². The lowest BCUT2D eigenvalue weighted by Gasteiger charge is -2.12. The lowest BCUT2D eigenvalue weighted by Crippen LogP contribution is -2.42. The first-order chi connectivity index (χ1) is 9.03.